The number of hydrogen-bond donors (Lipinski definition) is 2. The van der Waals surface area contributed by atoms with Crippen LogP contribution in [0, 0.1) is 6.92 Å². The number of nitrogens with one attached hydrogen (secondary N) is 2. The Kier molecular flexibility index (Phi) is 3.93. The Morgan fingerprint density at radius 1 is 1.32 bits per heavy atom. The lowest BCUT2D eigenvalue weighted by molar-refractivity contribution is 0.243. The summed E-state index contributed by atoms with van der Waals surface area (Å²) in [5.41, 5.74) is 2.08. The number of carbonyl (C=O) groups excluding carboxylic acids is 1. The lowest BCUT2D eigenvalue weighted by atomic mass is 10.1. The number of rotatable bonds is 3. The average molecular weight is 338 g/mol. The Labute approximate surface area is 144 Å². The van der Waals surface area contributed by atoms with Crippen molar-refractivity contribution < 1.29 is 9.32 Å². The van der Waals surface area contributed by atoms with Crippen LogP contribution in [0.4, 0.5) is 10.5 Å². The third-order valence-corrected chi connectivity index (χ3v) is 4.28. The van der Waals surface area contributed by atoms with Crippen molar-refractivity contribution in [1.29, 1.82) is 0 Å². The number of carbonyl (C=O) groups is 1. The summed E-state index contributed by atoms with van der Waals surface area (Å²) in [6.07, 6.45) is 3.18. The van der Waals surface area contributed by atoms with Crippen molar-refractivity contribution in [2.75, 3.05) is 5.32 Å². The summed E-state index contributed by atoms with van der Waals surface area (Å²) in [7, 11) is 0. The highest BCUT2D eigenvalue weighted by Crippen LogP contribution is 2.30. The normalized spacial score (nSPS) is 16.3. The second kappa shape index (κ2) is 6.39. The Morgan fingerprint density at radius 2 is 2.16 bits per heavy atom. The number of amides is 2. The highest BCUT2D eigenvalue weighted by atomic mass is 16.5. The van der Waals surface area contributed by atoms with Gasteiger partial charge in [-0.3, -0.25) is 0 Å². The topological polar surface area (TPSA) is 97.9 Å². The van der Waals surface area contributed by atoms with Crippen LogP contribution in [-0.4, -0.2) is 32.0 Å². The summed E-state index contributed by atoms with van der Waals surface area (Å²) in [4.78, 5) is 16.6. The van der Waals surface area contributed by atoms with Gasteiger partial charge in [-0.05, 0) is 13.3 Å². The molecule has 2 aromatic heterocycles. The first-order valence-corrected chi connectivity index (χ1v) is 8.16. The molecule has 128 valence electrons. The van der Waals surface area contributed by atoms with Gasteiger partial charge in [0.1, 0.15) is 23.5 Å². The van der Waals surface area contributed by atoms with Crippen molar-refractivity contribution in [2.24, 2.45) is 0 Å². The van der Waals surface area contributed by atoms with E-state index in [-0.39, 0.29) is 12.1 Å². The predicted octanol–water partition coefficient (Wildman–Crippen LogP) is 2.38. The SMILES string of the molecule is Cc1noc(-c2ccccc2)c1NC(=O)N[C@@H]1CCc2ncnn2C1. The first-order chi connectivity index (χ1) is 12.2. The molecule has 3 aromatic rings. The van der Waals surface area contributed by atoms with E-state index in [1.807, 2.05) is 35.0 Å². The maximum atomic E-state index is 12.4. The Balaban J connectivity index is 1.46. The van der Waals surface area contributed by atoms with Crippen molar-refractivity contribution in [3.8, 4) is 11.3 Å². The molecule has 8 heteroatoms. The van der Waals surface area contributed by atoms with Gasteiger partial charge in [0.15, 0.2) is 5.76 Å². The standard InChI is InChI=1S/C17H18N6O2/c1-11-15(16(25-22-11)12-5-3-2-4-6-12)21-17(24)20-13-7-8-14-18-10-19-23(14)9-13/h2-6,10,13H,7-9H2,1H3,(H2,20,21,24)/t13-/m1/s1. The Morgan fingerprint density at radius 3 is 3.00 bits per heavy atom. The number of anilines is 1. The van der Waals surface area contributed by atoms with Crippen molar-refractivity contribution in [2.45, 2.75) is 32.4 Å². The fraction of sp³-hybridized carbons (Fsp3) is 0.294. The molecule has 3 heterocycles. The average Bonchev–Trinajstić information content (AvgIpc) is 3.22. The predicted molar refractivity (Wildman–Crippen MR) is 91.0 cm³/mol. The molecule has 1 aliphatic heterocycles. The quantitative estimate of drug-likeness (QED) is 0.764. The fourth-order valence-corrected chi connectivity index (χ4v) is 2.99. The monoisotopic (exact) mass is 338 g/mol. The number of aromatic nitrogens is 4. The molecule has 0 aliphatic carbocycles. The van der Waals surface area contributed by atoms with E-state index in [0.717, 1.165) is 24.2 Å². The van der Waals surface area contributed by atoms with Crippen LogP contribution >= 0.6 is 0 Å². The van der Waals surface area contributed by atoms with Crippen LogP contribution in [0.1, 0.15) is 17.9 Å². The number of benzene rings is 1. The van der Waals surface area contributed by atoms with Crippen LogP contribution in [0.2, 0.25) is 0 Å². The molecule has 0 saturated heterocycles. The molecule has 0 unspecified atom stereocenters. The summed E-state index contributed by atoms with van der Waals surface area (Å²) in [5.74, 6) is 1.51. The summed E-state index contributed by atoms with van der Waals surface area (Å²) in [5, 5.41) is 14.0. The van der Waals surface area contributed by atoms with Gasteiger partial charge in [-0.25, -0.2) is 14.5 Å². The van der Waals surface area contributed by atoms with Crippen molar-refractivity contribution in [1.82, 2.24) is 25.2 Å². The van der Waals surface area contributed by atoms with Gasteiger partial charge in [0, 0.05) is 12.0 Å². The van der Waals surface area contributed by atoms with E-state index < -0.39 is 0 Å². The Bertz CT molecular complexity index is 886. The Hall–Kier alpha value is -3.16. The van der Waals surface area contributed by atoms with Crippen molar-refractivity contribution in [3.63, 3.8) is 0 Å². The van der Waals surface area contributed by atoms with Crippen LogP contribution in [0.25, 0.3) is 11.3 Å². The number of fused-ring (bicyclic) bond motifs is 1. The fourth-order valence-electron chi connectivity index (χ4n) is 2.99. The van der Waals surface area contributed by atoms with Gasteiger partial charge in [-0.2, -0.15) is 5.10 Å². The van der Waals surface area contributed by atoms with Gasteiger partial charge >= 0.3 is 6.03 Å². The number of nitrogens with zero attached hydrogens (tertiary/aromatic N) is 4. The first-order valence-electron chi connectivity index (χ1n) is 8.16. The number of hydrogen-bond acceptors (Lipinski definition) is 5. The van der Waals surface area contributed by atoms with E-state index in [1.165, 1.54) is 0 Å². The molecule has 2 amide bonds. The minimum Gasteiger partial charge on any atom is -0.354 e. The molecule has 1 aliphatic rings. The van der Waals surface area contributed by atoms with Gasteiger partial charge in [0.25, 0.3) is 0 Å². The summed E-state index contributed by atoms with van der Waals surface area (Å²) in [6.45, 7) is 2.42. The number of urea groups is 1. The molecule has 0 spiro atoms. The molecule has 0 radical (unpaired) electrons. The van der Waals surface area contributed by atoms with Crippen molar-refractivity contribution >= 4 is 11.7 Å². The van der Waals surface area contributed by atoms with E-state index in [9.17, 15) is 4.79 Å². The van der Waals surface area contributed by atoms with Crippen LogP contribution in [0.3, 0.4) is 0 Å². The van der Waals surface area contributed by atoms with E-state index >= 15 is 0 Å². The lowest BCUT2D eigenvalue weighted by Gasteiger charge is -2.23. The molecular formula is C17H18N6O2. The van der Waals surface area contributed by atoms with Gasteiger partial charge in [0.05, 0.1) is 12.6 Å². The van der Waals surface area contributed by atoms with E-state index in [2.05, 4.69) is 25.9 Å². The molecule has 0 fully saturated rings. The van der Waals surface area contributed by atoms with Crippen LogP contribution in [-0.2, 0) is 13.0 Å². The zero-order valence-corrected chi connectivity index (χ0v) is 13.8. The molecule has 0 bridgehead atoms. The second-order valence-corrected chi connectivity index (χ2v) is 6.03. The molecule has 1 atom stereocenters. The van der Waals surface area contributed by atoms with Crippen LogP contribution in [0.5, 0.6) is 0 Å². The summed E-state index contributed by atoms with van der Waals surface area (Å²) >= 11 is 0. The highest BCUT2D eigenvalue weighted by Gasteiger charge is 2.23. The van der Waals surface area contributed by atoms with Gasteiger partial charge < -0.3 is 15.2 Å². The zero-order chi connectivity index (χ0) is 17.2. The van der Waals surface area contributed by atoms with E-state index in [0.29, 0.717) is 23.7 Å². The lowest BCUT2D eigenvalue weighted by Crippen LogP contribution is -2.43. The zero-order valence-electron chi connectivity index (χ0n) is 13.8. The molecule has 1 aromatic carbocycles. The summed E-state index contributed by atoms with van der Waals surface area (Å²) in [6, 6.07) is 9.30. The van der Waals surface area contributed by atoms with E-state index in [1.54, 1.807) is 13.3 Å². The molecule has 0 saturated carbocycles. The minimum absolute atomic E-state index is 0.00883. The second-order valence-electron chi connectivity index (χ2n) is 6.03. The van der Waals surface area contributed by atoms with E-state index in [4.69, 9.17) is 4.52 Å². The first kappa shape index (κ1) is 15.4. The third-order valence-electron chi connectivity index (χ3n) is 4.28. The molecule has 4 rings (SSSR count). The van der Waals surface area contributed by atoms with Gasteiger partial charge in [-0.1, -0.05) is 35.5 Å². The molecule has 2 N–H and O–H groups in total. The maximum absolute atomic E-state index is 12.4. The smallest absolute Gasteiger partial charge is 0.319 e. The molecule has 8 nitrogen and oxygen atoms in total. The van der Waals surface area contributed by atoms with Crippen molar-refractivity contribution in [3.05, 3.63) is 48.2 Å². The summed E-state index contributed by atoms with van der Waals surface area (Å²) < 4.78 is 7.22. The van der Waals surface area contributed by atoms with Crippen LogP contribution < -0.4 is 10.6 Å². The van der Waals surface area contributed by atoms with Gasteiger partial charge in [0.2, 0.25) is 0 Å². The largest absolute Gasteiger partial charge is 0.354 e. The van der Waals surface area contributed by atoms with Crippen LogP contribution in [0.15, 0.2) is 41.2 Å². The highest BCUT2D eigenvalue weighted by molar-refractivity contribution is 5.94. The number of aryl methyl sites for hydroxylation is 2. The van der Waals surface area contributed by atoms with Gasteiger partial charge in [-0.15, -0.1) is 0 Å². The minimum atomic E-state index is -0.281. The third kappa shape index (κ3) is 3.10. The molecular weight excluding hydrogens is 320 g/mol. The molecule has 25 heavy (non-hydrogen) atoms. The maximum Gasteiger partial charge on any atom is 0.319 e.